The van der Waals surface area contributed by atoms with Gasteiger partial charge in [-0.3, -0.25) is 4.99 Å². The zero-order valence-electron chi connectivity index (χ0n) is 25.0. The monoisotopic (exact) mass is 574 g/mol. The van der Waals surface area contributed by atoms with Gasteiger partial charge in [0.15, 0.2) is 0 Å². The summed E-state index contributed by atoms with van der Waals surface area (Å²) in [5.74, 6) is 0.187. The quantitative estimate of drug-likeness (QED) is 0.187. The number of allylic oxidation sites excluding steroid dienone is 3. The maximum absolute atomic E-state index is 5.11. The van der Waals surface area contributed by atoms with Gasteiger partial charge in [-0.05, 0) is 85.9 Å². The van der Waals surface area contributed by atoms with Gasteiger partial charge in [0.25, 0.3) is 0 Å². The number of hydrogen-bond acceptors (Lipinski definition) is 1. The van der Waals surface area contributed by atoms with Crippen molar-refractivity contribution >= 4 is 71.6 Å². The van der Waals surface area contributed by atoms with Gasteiger partial charge in [-0.1, -0.05) is 116 Å². The number of para-hydroxylation sites is 2. The first-order valence-corrected chi connectivity index (χ1v) is 15.6. The number of nitrogens with zero attached hydrogens (tertiary/aromatic N) is 2. The summed E-state index contributed by atoms with van der Waals surface area (Å²) in [6.07, 6.45) is 6.29. The second-order valence-corrected chi connectivity index (χ2v) is 12.0. The van der Waals surface area contributed by atoms with E-state index in [1.807, 2.05) is 6.21 Å². The molecular formula is C43H30N2. The highest BCUT2D eigenvalue weighted by Crippen LogP contribution is 2.41. The molecular weight excluding hydrogens is 544 g/mol. The first-order valence-electron chi connectivity index (χ1n) is 15.6. The van der Waals surface area contributed by atoms with E-state index in [9.17, 15) is 0 Å². The van der Waals surface area contributed by atoms with Crippen LogP contribution in [0.4, 0.5) is 0 Å². The van der Waals surface area contributed by atoms with Crippen molar-refractivity contribution in [3.05, 3.63) is 163 Å². The highest BCUT2D eigenvalue weighted by molar-refractivity contribution is 6.25. The van der Waals surface area contributed by atoms with E-state index in [2.05, 4.69) is 163 Å². The van der Waals surface area contributed by atoms with Crippen LogP contribution in [0.1, 0.15) is 18.1 Å². The maximum Gasteiger partial charge on any atom is 0.0745 e. The molecule has 1 aliphatic heterocycles. The molecule has 212 valence electrons. The lowest BCUT2D eigenvalue weighted by atomic mass is 9.87. The lowest BCUT2D eigenvalue weighted by molar-refractivity contribution is 0.968. The van der Waals surface area contributed by atoms with E-state index in [1.165, 1.54) is 70.9 Å². The van der Waals surface area contributed by atoms with Crippen molar-refractivity contribution in [2.24, 2.45) is 10.9 Å². The van der Waals surface area contributed by atoms with Crippen LogP contribution in [0, 0.1) is 5.92 Å². The van der Waals surface area contributed by atoms with Gasteiger partial charge in [-0.2, -0.15) is 0 Å². The number of aromatic nitrogens is 1. The van der Waals surface area contributed by atoms with Gasteiger partial charge in [0, 0.05) is 34.2 Å². The SMILES string of the molecule is CC1C=CC=NC(c2ccc3c4ccccc4c4ccccc4c3c2)=C1c1ccc2c(c1)c1ccccc1n2-c1ccccc1. The summed E-state index contributed by atoms with van der Waals surface area (Å²) in [7, 11) is 0. The van der Waals surface area contributed by atoms with Crippen molar-refractivity contribution in [3.63, 3.8) is 0 Å². The van der Waals surface area contributed by atoms with Crippen LogP contribution in [0.3, 0.4) is 0 Å². The van der Waals surface area contributed by atoms with Crippen LogP contribution in [0.5, 0.6) is 0 Å². The summed E-state index contributed by atoms with van der Waals surface area (Å²) < 4.78 is 2.37. The van der Waals surface area contributed by atoms with Crippen LogP contribution >= 0.6 is 0 Å². The van der Waals surface area contributed by atoms with Crippen LogP contribution in [-0.2, 0) is 0 Å². The Hall–Kier alpha value is -5.73. The molecule has 0 aliphatic carbocycles. The fourth-order valence-electron chi connectivity index (χ4n) is 7.40. The lowest BCUT2D eigenvalue weighted by Crippen LogP contribution is -1.99. The van der Waals surface area contributed by atoms with Crippen LogP contribution < -0.4 is 0 Å². The molecule has 1 aliphatic rings. The first-order chi connectivity index (χ1) is 22.3. The third-order valence-corrected chi connectivity index (χ3v) is 9.42. The molecule has 0 radical (unpaired) electrons. The molecule has 2 heteroatoms. The van der Waals surface area contributed by atoms with Gasteiger partial charge < -0.3 is 4.57 Å². The van der Waals surface area contributed by atoms with E-state index >= 15 is 0 Å². The molecule has 0 spiro atoms. The van der Waals surface area contributed by atoms with Crippen molar-refractivity contribution in [2.45, 2.75) is 6.92 Å². The Bertz CT molecular complexity index is 2510. The van der Waals surface area contributed by atoms with Gasteiger partial charge in [0.2, 0.25) is 0 Å². The predicted molar refractivity (Wildman–Crippen MR) is 193 cm³/mol. The van der Waals surface area contributed by atoms with Gasteiger partial charge in [0.1, 0.15) is 0 Å². The molecule has 0 bridgehead atoms. The van der Waals surface area contributed by atoms with Crippen molar-refractivity contribution in [1.82, 2.24) is 4.57 Å². The van der Waals surface area contributed by atoms with Crippen LogP contribution in [0.25, 0.3) is 71.1 Å². The van der Waals surface area contributed by atoms with Crippen molar-refractivity contribution in [3.8, 4) is 5.69 Å². The molecule has 0 amide bonds. The first kappa shape index (κ1) is 25.7. The summed E-state index contributed by atoms with van der Waals surface area (Å²) in [5.41, 5.74) is 8.19. The van der Waals surface area contributed by atoms with Crippen molar-refractivity contribution < 1.29 is 0 Å². The number of aliphatic imine (C=N–C) groups is 1. The summed E-state index contributed by atoms with van der Waals surface area (Å²) in [5, 5.41) is 10.2. The Morgan fingerprint density at radius 3 is 1.78 bits per heavy atom. The fourth-order valence-corrected chi connectivity index (χ4v) is 7.40. The molecule has 45 heavy (non-hydrogen) atoms. The molecule has 0 saturated carbocycles. The van der Waals surface area contributed by atoms with Gasteiger partial charge in [-0.15, -0.1) is 0 Å². The second-order valence-electron chi connectivity index (χ2n) is 12.0. The molecule has 1 atom stereocenters. The lowest BCUT2D eigenvalue weighted by Gasteiger charge is -2.18. The third kappa shape index (κ3) is 3.99. The summed E-state index contributed by atoms with van der Waals surface area (Å²) in [6.45, 7) is 2.28. The second kappa shape index (κ2) is 10.2. The third-order valence-electron chi connectivity index (χ3n) is 9.42. The van der Waals surface area contributed by atoms with Gasteiger partial charge >= 0.3 is 0 Å². The number of fused-ring (bicyclic) bond motifs is 9. The normalized spacial score (nSPS) is 15.2. The average Bonchev–Trinajstić information content (AvgIpc) is 3.30. The van der Waals surface area contributed by atoms with Gasteiger partial charge in [-0.25, -0.2) is 0 Å². The molecule has 1 aromatic heterocycles. The number of hydrogen-bond donors (Lipinski definition) is 0. The Morgan fingerprint density at radius 2 is 1.04 bits per heavy atom. The molecule has 0 fully saturated rings. The molecule has 1 unspecified atom stereocenters. The Kier molecular flexibility index (Phi) is 5.82. The Balaban J connectivity index is 1.31. The summed E-state index contributed by atoms with van der Waals surface area (Å²) in [4.78, 5) is 5.11. The summed E-state index contributed by atoms with van der Waals surface area (Å²) >= 11 is 0. The summed E-state index contributed by atoms with van der Waals surface area (Å²) in [6, 6.07) is 50.7. The molecule has 7 aromatic carbocycles. The minimum absolute atomic E-state index is 0.187. The van der Waals surface area contributed by atoms with Crippen molar-refractivity contribution in [2.75, 3.05) is 0 Å². The standard InChI is InChI=1S/C43H30N2/c1-28-12-11-25-44-43(30-21-23-36-34-17-6-5-15-32(34)33-16-7-8-18-35(33)38(36)27-30)42(28)29-22-24-41-39(26-29)37-19-9-10-20-40(37)45(41)31-13-3-2-4-14-31/h2-28H,1H3. The van der Waals surface area contributed by atoms with Crippen LogP contribution in [0.2, 0.25) is 0 Å². The topological polar surface area (TPSA) is 17.3 Å². The molecule has 0 saturated heterocycles. The molecule has 2 nitrogen and oxygen atoms in total. The van der Waals surface area contributed by atoms with E-state index in [0.717, 1.165) is 11.3 Å². The van der Waals surface area contributed by atoms with E-state index in [1.54, 1.807) is 0 Å². The smallest absolute Gasteiger partial charge is 0.0745 e. The van der Waals surface area contributed by atoms with E-state index in [-0.39, 0.29) is 5.92 Å². The van der Waals surface area contributed by atoms with Crippen LogP contribution in [0.15, 0.2) is 157 Å². The molecule has 0 N–H and O–H groups in total. The predicted octanol–water partition coefficient (Wildman–Crippen LogP) is 11.4. The largest absolute Gasteiger partial charge is 0.309 e. The van der Waals surface area contributed by atoms with Gasteiger partial charge in [0.05, 0.1) is 16.7 Å². The number of rotatable bonds is 3. The highest BCUT2D eigenvalue weighted by atomic mass is 15.0. The van der Waals surface area contributed by atoms with E-state index < -0.39 is 0 Å². The highest BCUT2D eigenvalue weighted by Gasteiger charge is 2.21. The maximum atomic E-state index is 5.11. The minimum atomic E-state index is 0.187. The van der Waals surface area contributed by atoms with E-state index in [0.29, 0.717) is 0 Å². The zero-order valence-corrected chi connectivity index (χ0v) is 25.0. The van der Waals surface area contributed by atoms with E-state index in [4.69, 9.17) is 4.99 Å². The molecule has 8 aromatic rings. The fraction of sp³-hybridized carbons (Fsp3) is 0.0465. The average molecular weight is 575 g/mol. The number of benzene rings is 7. The minimum Gasteiger partial charge on any atom is -0.309 e. The van der Waals surface area contributed by atoms with Crippen LogP contribution in [-0.4, -0.2) is 10.8 Å². The Labute approximate surface area is 261 Å². The zero-order chi connectivity index (χ0) is 29.9. The van der Waals surface area contributed by atoms with Crippen molar-refractivity contribution in [1.29, 1.82) is 0 Å². The molecule has 9 rings (SSSR count). The molecule has 2 heterocycles. The Morgan fingerprint density at radius 1 is 0.489 bits per heavy atom.